The number of nitrogens with zero attached hydrogens (tertiary/aromatic N) is 4. The molecule has 0 spiro atoms. The largest absolute Gasteiger partial charge is 0.298 e. The first-order valence-corrected chi connectivity index (χ1v) is 10.5. The van der Waals surface area contributed by atoms with E-state index in [1.54, 1.807) is 12.1 Å². The second kappa shape index (κ2) is 6.92. The first-order chi connectivity index (χ1) is 13.5. The van der Waals surface area contributed by atoms with Gasteiger partial charge in [0.05, 0.1) is 6.20 Å². The number of fused-ring (bicyclic) bond motifs is 2. The third-order valence-corrected chi connectivity index (χ3v) is 7.04. The number of aromatic nitrogens is 2. The molecule has 0 amide bonds. The van der Waals surface area contributed by atoms with Crippen molar-refractivity contribution >= 4 is 0 Å². The highest BCUT2D eigenvalue weighted by Gasteiger charge is 2.53. The SMILES string of the molecule is CC(C)n1cc(CN2C[C@@H](c3cccc(F)c3F)[C@@H]3[C@H]2C2CCN3CC2)cn1. The minimum absolute atomic E-state index is 0.0175. The van der Waals surface area contributed by atoms with Crippen molar-refractivity contribution in [2.24, 2.45) is 5.92 Å². The Kier molecular flexibility index (Phi) is 4.51. The van der Waals surface area contributed by atoms with E-state index in [9.17, 15) is 8.78 Å². The highest BCUT2D eigenvalue weighted by Crippen LogP contribution is 2.47. The van der Waals surface area contributed by atoms with Crippen LogP contribution < -0.4 is 0 Å². The van der Waals surface area contributed by atoms with Gasteiger partial charge in [-0.1, -0.05) is 12.1 Å². The van der Waals surface area contributed by atoms with Crippen LogP contribution in [-0.4, -0.2) is 51.3 Å². The molecule has 0 radical (unpaired) electrons. The lowest BCUT2D eigenvalue weighted by molar-refractivity contribution is -0.00888. The fourth-order valence-electron chi connectivity index (χ4n) is 5.78. The highest BCUT2D eigenvalue weighted by atomic mass is 19.2. The fourth-order valence-corrected chi connectivity index (χ4v) is 5.78. The predicted octanol–water partition coefficient (Wildman–Crippen LogP) is 3.80. The van der Waals surface area contributed by atoms with Crippen LogP contribution in [0.15, 0.2) is 30.6 Å². The maximum absolute atomic E-state index is 14.7. The Balaban J connectivity index is 1.47. The molecular formula is C22H28F2N4. The number of hydrogen-bond acceptors (Lipinski definition) is 3. The lowest BCUT2D eigenvalue weighted by Gasteiger charge is -2.51. The van der Waals surface area contributed by atoms with E-state index in [1.807, 2.05) is 10.9 Å². The number of likely N-dealkylation sites (tertiary alicyclic amines) is 1. The van der Waals surface area contributed by atoms with Crippen molar-refractivity contribution in [2.45, 2.75) is 57.3 Å². The van der Waals surface area contributed by atoms with Crippen LogP contribution in [0.3, 0.4) is 0 Å². The van der Waals surface area contributed by atoms with Crippen LogP contribution in [0.5, 0.6) is 0 Å². The summed E-state index contributed by atoms with van der Waals surface area (Å²) in [6, 6.07) is 5.68. The molecule has 5 heterocycles. The number of benzene rings is 1. The van der Waals surface area contributed by atoms with E-state index in [4.69, 9.17) is 0 Å². The van der Waals surface area contributed by atoms with Gasteiger partial charge in [0.15, 0.2) is 11.6 Å². The van der Waals surface area contributed by atoms with Crippen LogP contribution in [0.2, 0.25) is 0 Å². The van der Waals surface area contributed by atoms with Crippen molar-refractivity contribution in [3.8, 4) is 0 Å². The number of rotatable bonds is 4. The molecular weight excluding hydrogens is 358 g/mol. The molecule has 3 atom stereocenters. The van der Waals surface area contributed by atoms with Crippen LogP contribution in [0, 0.1) is 17.6 Å². The maximum Gasteiger partial charge on any atom is 0.162 e. The van der Waals surface area contributed by atoms with Crippen LogP contribution in [0.1, 0.15) is 49.8 Å². The van der Waals surface area contributed by atoms with Gasteiger partial charge in [0.1, 0.15) is 0 Å². The van der Waals surface area contributed by atoms with E-state index in [0.29, 0.717) is 23.6 Å². The summed E-state index contributed by atoms with van der Waals surface area (Å²) >= 11 is 0. The topological polar surface area (TPSA) is 24.3 Å². The van der Waals surface area contributed by atoms with Crippen LogP contribution in [0.25, 0.3) is 0 Å². The third-order valence-electron chi connectivity index (χ3n) is 7.04. The summed E-state index contributed by atoms with van der Waals surface area (Å²) in [7, 11) is 0. The van der Waals surface area contributed by atoms with Crippen molar-refractivity contribution in [2.75, 3.05) is 19.6 Å². The zero-order valence-corrected chi connectivity index (χ0v) is 16.6. The van der Waals surface area contributed by atoms with E-state index in [-0.39, 0.29) is 12.0 Å². The highest BCUT2D eigenvalue weighted by molar-refractivity contribution is 5.29. The summed E-state index contributed by atoms with van der Waals surface area (Å²) in [5.41, 5.74) is 1.74. The van der Waals surface area contributed by atoms with Gasteiger partial charge in [-0.05, 0) is 57.3 Å². The van der Waals surface area contributed by atoms with E-state index >= 15 is 0 Å². The van der Waals surface area contributed by atoms with Crippen LogP contribution in [-0.2, 0) is 6.54 Å². The average Bonchev–Trinajstić information content (AvgIpc) is 3.32. The summed E-state index contributed by atoms with van der Waals surface area (Å²) in [6.07, 6.45) is 6.49. The van der Waals surface area contributed by atoms with Crippen molar-refractivity contribution < 1.29 is 8.78 Å². The quantitative estimate of drug-likeness (QED) is 0.799. The molecule has 2 bridgehead atoms. The van der Waals surface area contributed by atoms with Gasteiger partial charge in [-0.3, -0.25) is 14.5 Å². The molecule has 1 aromatic heterocycles. The molecule has 0 unspecified atom stereocenters. The van der Waals surface area contributed by atoms with Crippen molar-refractivity contribution in [1.82, 2.24) is 19.6 Å². The lowest BCUT2D eigenvalue weighted by Crippen LogP contribution is -2.60. The molecule has 0 N–H and O–H groups in total. The normalized spacial score (nSPS) is 32.2. The predicted molar refractivity (Wildman–Crippen MR) is 104 cm³/mol. The van der Waals surface area contributed by atoms with Gasteiger partial charge in [0.2, 0.25) is 0 Å². The van der Waals surface area contributed by atoms with Crippen LogP contribution >= 0.6 is 0 Å². The second-order valence-electron chi connectivity index (χ2n) is 8.96. The molecule has 0 saturated carbocycles. The zero-order valence-electron chi connectivity index (χ0n) is 16.6. The fraction of sp³-hybridized carbons (Fsp3) is 0.591. The molecule has 4 nitrogen and oxygen atoms in total. The Morgan fingerprint density at radius 3 is 2.64 bits per heavy atom. The minimum Gasteiger partial charge on any atom is -0.298 e. The van der Waals surface area contributed by atoms with Crippen molar-refractivity contribution in [3.63, 3.8) is 0 Å². The standard InChI is InChI=1S/C22H28F2N4/c1-14(2)28-12-15(10-25-28)11-27-13-18(17-4-3-5-19(23)20(17)24)22-21(27)16-6-8-26(22)9-7-16/h3-5,10,12,14,16,18,21-22H,6-9,11,13H2,1-2H3/t18-,21+,22+/m0/s1. The van der Waals surface area contributed by atoms with Crippen LogP contribution in [0.4, 0.5) is 8.78 Å². The molecule has 150 valence electrons. The van der Waals surface area contributed by atoms with Crippen molar-refractivity contribution in [1.29, 1.82) is 0 Å². The smallest absolute Gasteiger partial charge is 0.162 e. The molecule has 4 aliphatic rings. The second-order valence-corrected chi connectivity index (χ2v) is 8.96. The summed E-state index contributed by atoms with van der Waals surface area (Å²) in [5.74, 6) is -0.731. The first-order valence-electron chi connectivity index (χ1n) is 10.5. The van der Waals surface area contributed by atoms with Gasteiger partial charge in [0.25, 0.3) is 0 Å². The number of piperidine rings is 3. The molecule has 1 aromatic carbocycles. The molecule has 4 saturated heterocycles. The average molecular weight is 386 g/mol. The Bertz CT molecular complexity index is 856. The monoisotopic (exact) mass is 386 g/mol. The Morgan fingerprint density at radius 2 is 1.93 bits per heavy atom. The summed E-state index contributed by atoms with van der Waals surface area (Å²) in [5, 5.41) is 4.48. The van der Waals surface area contributed by atoms with Gasteiger partial charge >= 0.3 is 0 Å². The maximum atomic E-state index is 14.7. The van der Waals surface area contributed by atoms with Gasteiger partial charge < -0.3 is 0 Å². The Morgan fingerprint density at radius 1 is 1.14 bits per heavy atom. The Labute approximate surface area is 165 Å². The lowest BCUT2D eigenvalue weighted by atomic mass is 9.75. The van der Waals surface area contributed by atoms with Gasteiger partial charge in [-0.2, -0.15) is 5.10 Å². The molecule has 6 heteroatoms. The number of hydrogen-bond donors (Lipinski definition) is 0. The third kappa shape index (κ3) is 2.89. The molecule has 28 heavy (non-hydrogen) atoms. The van der Waals surface area contributed by atoms with E-state index in [0.717, 1.165) is 26.2 Å². The Hall–Kier alpha value is -1.79. The zero-order chi connectivity index (χ0) is 19.4. The summed E-state index contributed by atoms with van der Waals surface area (Å²) < 4.78 is 30.6. The molecule has 4 aliphatic heterocycles. The molecule has 4 fully saturated rings. The van der Waals surface area contributed by atoms with Crippen molar-refractivity contribution in [3.05, 3.63) is 53.4 Å². The minimum atomic E-state index is -0.735. The van der Waals surface area contributed by atoms with Gasteiger partial charge in [0, 0.05) is 48.9 Å². The van der Waals surface area contributed by atoms with E-state index in [2.05, 4.69) is 34.9 Å². The molecule has 2 aromatic rings. The van der Waals surface area contributed by atoms with E-state index < -0.39 is 11.6 Å². The number of halogens is 2. The molecule has 6 rings (SSSR count). The van der Waals surface area contributed by atoms with Gasteiger partial charge in [-0.15, -0.1) is 0 Å². The first kappa shape index (κ1) is 18.3. The molecule has 0 aliphatic carbocycles. The summed E-state index contributed by atoms with van der Waals surface area (Å²) in [6.45, 7) is 8.01. The summed E-state index contributed by atoms with van der Waals surface area (Å²) in [4.78, 5) is 5.04. The van der Waals surface area contributed by atoms with E-state index in [1.165, 1.54) is 24.5 Å². The van der Waals surface area contributed by atoms with Gasteiger partial charge in [-0.25, -0.2) is 8.78 Å².